The Hall–Kier alpha value is -2.02. The minimum atomic E-state index is -0.620. The van der Waals surface area contributed by atoms with E-state index in [1.165, 1.54) is 24.3 Å². The molecular formula is C14H9BF2IN2O2. The first-order valence-corrected chi connectivity index (χ1v) is 6.65. The van der Waals surface area contributed by atoms with Crippen LogP contribution in [0, 0.1) is 38.8 Å². The molecule has 22 heavy (non-hydrogen) atoms. The van der Waals surface area contributed by atoms with Crippen molar-refractivity contribution in [2.75, 3.05) is 0 Å². The maximum atomic E-state index is 12.5. The number of rotatable bonds is 1. The summed E-state index contributed by atoms with van der Waals surface area (Å²) in [7, 11) is 0. The molecule has 0 spiro atoms. The van der Waals surface area contributed by atoms with Crippen LogP contribution < -0.4 is 0 Å². The number of halogens is 3. The Labute approximate surface area is 141 Å². The predicted molar refractivity (Wildman–Crippen MR) is 88.9 cm³/mol. The van der Waals surface area contributed by atoms with E-state index in [0.29, 0.717) is 9.26 Å². The molecule has 4 nitrogen and oxygen atoms in total. The second-order valence-electron chi connectivity index (χ2n) is 3.98. The van der Waals surface area contributed by atoms with E-state index in [9.17, 15) is 18.9 Å². The van der Waals surface area contributed by atoms with Crippen molar-refractivity contribution in [3.05, 3.63) is 78.7 Å². The molecule has 0 aliphatic rings. The van der Waals surface area contributed by atoms with Crippen molar-refractivity contribution < 1.29 is 13.7 Å². The molecule has 3 radical (unpaired) electrons. The number of hydrogen-bond donors (Lipinski definition) is 0. The molecule has 0 atom stereocenters. The third kappa shape index (κ3) is 6.63. The quantitative estimate of drug-likeness (QED) is 0.225. The minimum absolute atomic E-state index is 0. The minimum Gasteiger partial charge on any atom is -0.258 e. The lowest BCUT2D eigenvalue weighted by Gasteiger charge is -1.92. The van der Waals surface area contributed by atoms with Crippen LogP contribution in [0.5, 0.6) is 0 Å². The van der Waals surface area contributed by atoms with Crippen LogP contribution in [0.3, 0.4) is 0 Å². The standard InChI is InChI=1S/C8H6FN.C6H3FINO2.B/c1-6-3-7(9)5-8(4-6)10-2;7-4-1-5(8)3-6(2-4)9(10)11;/h3-5H,1H3;1-3H;. The smallest absolute Gasteiger partial charge is 0.258 e. The zero-order chi connectivity index (χ0) is 16.0. The molecule has 0 fully saturated rings. The number of nitrogens with zero attached hydrogens (tertiary/aromatic N) is 2. The fourth-order valence-electron chi connectivity index (χ4n) is 1.43. The lowest BCUT2D eigenvalue weighted by molar-refractivity contribution is -0.385. The number of aryl methyl sites for hydroxylation is 1. The third-order valence-electron chi connectivity index (χ3n) is 2.21. The van der Waals surface area contributed by atoms with E-state index in [1.54, 1.807) is 13.0 Å². The van der Waals surface area contributed by atoms with Gasteiger partial charge >= 0.3 is 0 Å². The summed E-state index contributed by atoms with van der Waals surface area (Å²) in [6.45, 7) is 8.36. The van der Waals surface area contributed by atoms with Gasteiger partial charge in [-0.25, -0.2) is 13.6 Å². The molecule has 0 N–H and O–H groups in total. The zero-order valence-corrected chi connectivity index (χ0v) is 13.5. The average molecular weight is 413 g/mol. The first kappa shape index (κ1) is 20.0. The topological polar surface area (TPSA) is 47.5 Å². The fraction of sp³-hybridized carbons (Fsp3) is 0.0714. The first-order valence-electron chi connectivity index (χ1n) is 5.57. The number of nitro groups is 1. The SMILES string of the molecule is O=[N+]([O-])c1cc(F)cc(I)c1.[B].[C-]#[N+]c1cc(C)cc(F)c1. The normalized spacial score (nSPS) is 8.86. The number of non-ortho nitro benzene ring substituents is 1. The lowest BCUT2D eigenvalue weighted by Crippen LogP contribution is -1.89. The Morgan fingerprint density at radius 3 is 2.18 bits per heavy atom. The fourth-order valence-corrected chi connectivity index (χ4v) is 2.04. The van der Waals surface area contributed by atoms with E-state index in [1.807, 2.05) is 22.6 Å². The van der Waals surface area contributed by atoms with Gasteiger partial charge in [0.05, 0.1) is 17.6 Å². The Morgan fingerprint density at radius 1 is 1.14 bits per heavy atom. The van der Waals surface area contributed by atoms with Crippen molar-refractivity contribution >= 4 is 42.4 Å². The molecule has 0 aliphatic carbocycles. The highest BCUT2D eigenvalue weighted by Gasteiger charge is 2.07. The van der Waals surface area contributed by atoms with Gasteiger partial charge in [-0.15, -0.1) is 0 Å². The van der Waals surface area contributed by atoms with Crippen LogP contribution in [0.2, 0.25) is 0 Å². The van der Waals surface area contributed by atoms with Gasteiger partial charge in [-0.05, 0) is 47.7 Å². The molecule has 0 amide bonds. The van der Waals surface area contributed by atoms with Gasteiger partial charge in [0.1, 0.15) is 11.6 Å². The molecular weight excluding hydrogens is 404 g/mol. The number of hydrogen-bond acceptors (Lipinski definition) is 2. The molecule has 8 heteroatoms. The summed E-state index contributed by atoms with van der Waals surface area (Å²) in [4.78, 5) is 12.6. The summed E-state index contributed by atoms with van der Waals surface area (Å²) in [5, 5.41) is 10.1. The summed E-state index contributed by atoms with van der Waals surface area (Å²) < 4.78 is 25.5. The third-order valence-corrected chi connectivity index (χ3v) is 2.84. The van der Waals surface area contributed by atoms with Gasteiger partial charge < -0.3 is 0 Å². The number of benzene rings is 2. The van der Waals surface area contributed by atoms with Crippen molar-refractivity contribution in [1.29, 1.82) is 0 Å². The van der Waals surface area contributed by atoms with Gasteiger partial charge in [-0.3, -0.25) is 10.1 Å². The summed E-state index contributed by atoms with van der Waals surface area (Å²) in [5.74, 6) is -0.922. The van der Waals surface area contributed by atoms with Crippen LogP contribution in [0.15, 0.2) is 36.4 Å². The van der Waals surface area contributed by atoms with Crippen molar-refractivity contribution in [2.45, 2.75) is 6.92 Å². The molecule has 111 valence electrons. The highest BCUT2D eigenvalue weighted by atomic mass is 127. The Balaban J connectivity index is 0.000000385. The summed E-state index contributed by atoms with van der Waals surface area (Å²) in [6.07, 6.45) is 0. The van der Waals surface area contributed by atoms with Crippen LogP contribution in [-0.4, -0.2) is 13.3 Å². The van der Waals surface area contributed by atoms with Gasteiger partial charge in [-0.1, -0.05) is 11.6 Å². The van der Waals surface area contributed by atoms with Crippen LogP contribution in [0.25, 0.3) is 4.85 Å². The summed E-state index contributed by atoms with van der Waals surface area (Å²) in [6, 6.07) is 7.70. The molecule has 0 aliphatic heterocycles. The summed E-state index contributed by atoms with van der Waals surface area (Å²) >= 11 is 1.82. The molecule has 0 saturated heterocycles. The van der Waals surface area contributed by atoms with Gasteiger partial charge in [0.2, 0.25) is 0 Å². The maximum absolute atomic E-state index is 12.5. The van der Waals surface area contributed by atoms with E-state index in [2.05, 4.69) is 4.85 Å². The Bertz CT molecular complexity index is 680. The highest BCUT2D eigenvalue weighted by molar-refractivity contribution is 14.1. The van der Waals surface area contributed by atoms with E-state index >= 15 is 0 Å². The van der Waals surface area contributed by atoms with E-state index in [-0.39, 0.29) is 19.9 Å². The van der Waals surface area contributed by atoms with Gasteiger partial charge in [-0.2, -0.15) is 0 Å². The van der Waals surface area contributed by atoms with E-state index in [0.717, 1.165) is 11.6 Å². The van der Waals surface area contributed by atoms with Crippen molar-refractivity contribution in [2.24, 2.45) is 0 Å². The highest BCUT2D eigenvalue weighted by Crippen LogP contribution is 2.17. The van der Waals surface area contributed by atoms with Crippen molar-refractivity contribution in [3.63, 3.8) is 0 Å². The van der Waals surface area contributed by atoms with Gasteiger partial charge in [0.25, 0.3) is 5.69 Å². The Morgan fingerprint density at radius 2 is 1.73 bits per heavy atom. The molecule has 0 heterocycles. The van der Waals surface area contributed by atoms with Crippen molar-refractivity contribution in [3.8, 4) is 0 Å². The van der Waals surface area contributed by atoms with Crippen LogP contribution >= 0.6 is 22.6 Å². The molecule has 0 saturated carbocycles. The first-order chi connectivity index (χ1) is 9.81. The average Bonchev–Trinajstić information content (AvgIpc) is 2.37. The Kier molecular flexibility index (Phi) is 8.26. The number of nitro benzene ring substituents is 1. The van der Waals surface area contributed by atoms with Crippen LogP contribution in [-0.2, 0) is 0 Å². The maximum Gasteiger partial charge on any atom is 0.273 e. The van der Waals surface area contributed by atoms with E-state index in [4.69, 9.17) is 6.57 Å². The van der Waals surface area contributed by atoms with Crippen LogP contribution in [0.1, 0.15) is 5.56 Å². The molecule has 0 aromatic heterocycles. The van der Waals surface area contributed by atoms with Gasteiger partial charge in [0.15, 0.2) is 5.69 Å². The zero-order valence-electron chi connectivity index (χ0n) is 11.4. The molecule has 0 unspecified atom stereocenters. The van der Waals surface area contributed by atoms with Gasteiger partial charge in [0, 0.05) is 18.0 Å². The predicted octanol–water partition coefficient (Wildman–Crippen LogP) is 4.64. The second-order valence-corrected chi connectivity index (χ2v) is 5.23. The molecule has 2 aromatic carbocycles. The molecule has 2 aromatic rings. The summed E-state index contributed by atoms with van der Waals surface area (Å²) in [5.41, 5.74) is 0.929. The largest absolute Gasteiger partial charge is 0.273 e. The molecule has 0 bridgehead atoms. The second kappa shape index (κ2) is 9.09. The van der Waals surface area contributed by atoms with Crippen LogP contribution in [0.4, 0.5) is 20.2 Å². The van der Waals surface area contributed by atoms with Crippen molar-refractivity contribution in [1.82, 2.24) is 0 Å². The monoisotopic (exact) mass is 413 g/mol. The molecule has 2 rings (SSSR count). The lowest BCUT2D eigenvalue weighted by atomic mass is 10.2. The van der Waals surface area contributed by atoms with E-state index < -0.39 is 10.7 Å².